The number of carbonyl (C=O) groups excluding carboxylic acids is 1. The van der Waals surface area contributed by atoms with Crippen LogP contribution in [0.3, 0.4) is 0 Å². The number of hydrogen-bond acceptors (Lipinski definition) is 2. The molecule has 22 heavy (non-hydrogen) atoms. The van der Waals surface area contributed by atoms with Crippen molar-refractivity contribution in [1.82, 2.24) is 0 Å². The highest BCUT2D eigenvalue weighted by atomic mass is 16.5. The highest BCUT2D eigenvalue weighted by Gasteiger charge is 2.39. The molecule has 0 aromatic heterocycles. The van der Waals surface area contributed by atoms with Gasteiger partial charge in [0.2, 0.25) is 0 Å². The molecule has 0 heterocycles. The summed E-state index contributed by atoms with van der Waals surface area (Å²) in [6.45, 7) is 6.27. The van der Waals surface area contributed by atoms with Crippen molar-refractivity contribution in [2.45, 2.75) is 26.9 Å². The van der Waals surface area contributed by atoms with Gasteiger partial charge in [-0.25, -0.2) is 0 Å². The third-order valence-corrected chi connectivity index (χ3v) is 3.96. The summed E-state index contributed by atoms with van der Waals surface area (Å²) in [6, 6.07) is 19.4. The van der Waals surface area contributed by atoms with Gasteiger partial charge in [0.25, 0.3) is 0 Å². The molecule has 0 fully saturated rings. The molecule has 2 rings (SSSR count). The van der Waals surface area contributed by atoms with Crippen LogP contribution in [-0.4, -0.2) is 12.9 Å². The summed E-state index contributed by atoms with van der Waals surface area (Å²) in [5.74, 6) is -0.119. The molecule has 0 spiro atoms. The molecule has 0 bridgehead atoms. The predicted molar refractivity (Wildman–Crippen MR) is 89.9 cm³/mol. The molecular formula is C20H24O2. The smallest absolute Gasteiger partial charge is 0.169 e. The van der Waals surface area contributed by atoms with Crippen LogP contribution in [0.2, 0.25) is 0 Å². The van der Waals surface area contributed by atoms with Crippen LogP contribution in [0, 0.1) is 11.3 Å². The van der Waals surface area contributed by atoms with Gasteiger partial charge in [0, 0.05) is 12.7 Å². The number of ketones is 1. The van der Waals surface area contributed by atoms with Crippen molar-refractivity contribution in [3.05, 3.63) is 71.8 Å². The maximum Gasteiger partial charge on any atom is 0.169 e. The second-order valence-corrected chi connectivity index (χ2v) is 6.64. The third-order valence-electron chi connectivity index (χ3n) is 3.96. The minimum absolute atomic E-state index is 0.129. The summed E-state index contributed by atoms with van der Waals surface area (Å²) >= 11 is 0. The van der Waals surface area contributed by atoms with Crippen LogP contribution in [0.5, 0.6) is 0 Å². The summed E-state index contributed by atoms with van der Waals surface area (Å²) in [7, 11) is 1.68. The fourth-order valence-electron chi connectivity index (χ4n) is 2.87. The Morgan fingerprint density at radius 2 is 1.41 bits per heavy atom. The molecule has 0 radical (unpaired) electrons. The van der Waals surface area contributed by atoms with Gasteiger partial charge in [0.05, 0.1) is 12.0 Å². The maximum atomic E-state index is 13.1. The van der Waals surface area contributed by atoms with Gasteiger partial charge in [-0.05, 0) is 11.0 Å². The first-order valence-electron chi connectivity index (χ1n) is 7.62. The van der Waals surface area contributed by atoms with E-state index in [0.29, 0.717) is 0 Å². The molecule has 2 unspecified atom stereocenters. The topological polar surface area (TPSA) is 26.3 Å². The van der Waals surface area contributed by atoms with E-state index >= 15 is 0 Å². The van der Waals surface area contributed by atoms with Crippen LogP contribution in [0.1, 0.15) is 42.8 Å². The van der Waals surface area contributed by atoms with Gasteiger partial charge in [0.15, 0.2) is 5.78 Å². The third kappa shape index (κ3) is 3.63. The maximum absolute atomic E-state index is 13.1. The largest absolute Gasteiger partial charge is 0.376 e. The Morgan fingerprint density at radius 3 is 1.86 bits per heavy atom. The van der Waals surface area contributed by atoms with Crippen molar-refractivity contribution >= 4 is 5.78 Å². The van der Waals surface area contributed by atoms with E-state index in [1.54, 1.807) is 7.11 Å². The average Bonchev–Trinajstić information content (AvgIpc) is 2.52. The van der Waals surface area contributed by atoms with Crippen molar-refractivity contribution in [2.75, 3.05) is 7.11 Å². The van der Waals surface area contributed by atoms with Crippen LogP contribution in [-0.2, 0) is 4.74 Å². The molecule has 0 amide bonds. The number of ether oxygens (including phenoxy) is 1. The molecular weight excluding hydrogens is 272 g/mol. The van der Waals surface area contributed by atoms with E-state index in [1.807, 2.05) is 60.7 Å². The van der Waals surface area contributed by atoms with Crippen molar-refractivity contribution < 1.29 is 9.53 Å². The zero-order chi connectivity index (χ0) is 16.2. The quantitative estimate of drug-likeness (QED) is 0.732. The van der Waals surface area contributed by atoms with E-state index in [4.69, 9.17) is 4.74 Å². The highest BCUT2D eigenvalue weighted by Crippen LogP contribution is 2.40. The number of hydrogen-bond donors (Lipinski definition) is 0. The minimum atomic E-state index is -0.256. The molecule has 2 atom stereocenters. The van der Waals surface area contributed by atoms with Crippen LogP contribution < -0.4 is 0 Å². The molecule has 0 aliphatic carbocycles. The second-order valence-electron chi connectivity index (χ2n) is 6.64. The van der Waals surface area contributed by atoms with E-state index in [0.717, 1.165) is 11.1 Å². The minimum Gasteiger partial charge on any atom is -0.376 e. The standard InChI is InChI=1S/C20H24O2/c1-20(2,3)17(18(21)15-11-7-5-8-12-15)19(22-4)16-13-9-6-10-14-16/h5-14,17,19H,1-4H3. The molecule has 2 heteroatoms. The Balaban J connectivity index is 2.44. The zero-order valence-corrected chi connectivity index (χ0v) is 13.7. The van der Waals surface area contributed by atoms with Gasteiger partial charge >= 0.3 is 0 Å². The average molecular weight is 296 g/mol. The number of benzene rings is 2. The molecule has 0 aliphatic rings. The van der Waals surface area contributed by atoms with E-state index in [9.17, 15) is 4.79 Å². The van der Waals surface area contributed by atoms with Gasteiger partial charge < -0.3 is 4.74 Å². The lowest BCUT2D eigenvalue weighted by Crippen LogP contribution is -2.35. The first kappa shape index (κ1) is 16.4. The van der Waals surface area contributed by atoms with Gasteiger partial charge in [-0.1, -0.05) is 81.4 Å². The number of methoxy groups -OCH3 is 1. The number of carbonyl (C=O) groups is 1. The lowest BCUT2D eigenvalue weighted by atomic mass is 9.71. The summed E-state index contributed by atoms with van der Waals surface area (Å²) in [6.07, 6.45) is -0.256. The zero-order valence-electron chi connectivity index (χ0n) is 13.7. The Hall–Kier alpha value is -1.93. The summed E-state index contributed by atoms with van der Waals surface area (Å²) in [5.41, 5.74) is 1.57. The normalized spacial score (nSPS) is 14.4. The van der Waals surface area contributed by atoms with Crippen molar-refractivity contribution in [1.29, 1.82) is 0 Å². The molecule has 2 nitrogen and oxygen atoms in total. The molecule has 2 aromatic carbocycles. The molecule has 0 aliphatic heterocycles. The highest BCUT2D eigenvalue weighted by molar-refractivity contribution is 5.98. The Bertz CT molecular complexity index is 597. The first-order chi connectivity index (χ1) is 10.4. The second kappa shape index (κ2) is 6.89. The SMILES string of the molecule is COC(c1ccccc1)C(C(=O)c1ccccc1)C(C)(C)C. The van der Waals surface area contributed by atoms with E-state index < -0.39 is 0 Å². The Morgan fingerprint density at radius 1 is 0.909 bits per heavy atom. The van der Waals surface area contributed by atoms with E-state index in [-0.39, 0.29) is 23.2 Å². The number of rotatable bonds is 5. The van der Waals surface area contributed by atoms with Gasteiger partial charge in [0.1, 0.15) is 0 Å². The van der Waals surface area contributed by atoms with Gasteiger partial charge in [-0.3, -0.25) is 4.79 Å². The van der Waals surface area contributed by atoms with Crippen molar-refractivity contribution in [3.63, 3.8) is 0 Å². The van der Waals surface area contributed by atoms with Crippen molar-refractivity contribution in [2.24, 2.45) is 11.3 Å². The molecule has 0 saturated carbocycles. The predicted octanol–water partition coefficient (Wildman–Crippen LogP) is 4.92. The fraction of sp³-hybridized carbons (Fsp3) is 0.350. The fourth-order valence-corrected chi connectivity index (χ4v) is 2.87. The number of Topliss-reactive ketones (excluding diaryl/α,β-unsaturated/α-hetero) is 1. The molecule has 116 valence electrons. The van der Waals surface area contributed by atoms with Gasteiger partial charge in [-0.2, -0.15) is 0 Å². The Labute approximate surface area is 133 Å². The molecule has 2 aromatic rings. The van der Waals surface area contributed by atoms with Crippen LogP contribution >= 0.6 is 0 Å². The summed E-state index contributed by atoms with van der Waals surface area (Å²) in [4.78, 5) is 13.1. The summed E-state index contributed by atoms with van der Waals surface area (Å²) in [5, 5.41) is 0. The van der Waals surface area contributed by atoms with Gasteiger partial charge in [-0.15, -0.1) is 0 Å². The first-order valence-corrected chi connectivity index (χ1v) is 7.62. The van der Waals surface area contributed by atoms with Crippen LogP contribution in [0.25, 0.3) is 0 Å². The Kier molecular flexibility index (Phi) is 5.15. The van der Waals surface area contributed by atoms with E-state index in [1.165, 1.54) is 0 Å². The van der Waals surface area contributed by atoms with Crippen molar-refractivity contribution in [3.8, 4) is 0 Å². The molecule has 0 saturated heterocycles. The monoisotopic (exact) mass is 296 g/mol. The van der Waals surface area contributed by atoms with E-state index in [2.05, 4.69) is 20.8 Å². The molecule has 0 N–H and O–H groups in total. The van der Waals surface area contributed by atoms with Crippen LogP contribution in [0.15, 0.2) is 60.7 Å². The summed E-state index contributed by atoms with van der Waals surface area (Å²) < 4.78 is 5.75. The lowest BCUT2D eigenvalue weighted by molar-refractivity contribution is 0.00876. The lowest BCUT2D eigenvalue weighted by Gasteiger charge is -2.35. The van der Waals surface area contributed by atoms with Crippen LogP contribution in [0.4, 0.5) is 0 Å².